The maximum absolute atomic E-state index is 13.8. The Balaban J connectivity index is 1.34. The van der Waals surface area contributed by atoms with E-state index in [1.54, 1.807) is 23.1 Å². The van der Waals surface area contributed by atoms with Gasteiger partial charge < -0.3 is 20.4 Å². The van der Waals surface area contributed by atoms with Crippen molar-refractivity contribution >= 4 is 17.6 Å². The molecule has 3 atom stereocenters. The molecule has 152 valence electrons. The number of benzene rings is 1. The molecule has 1 aromatic rings. The van der Waals surface area contributed by atoms with Crippen LogP contribution in [-0.2, 0) is 4.79 Å². The van der Waals surface area contributed by atoms with Crippen molar-refractivity contribution in [3.63, 3.8) is 0 Å². The van der Waals surface area contributed by atoms with Crippen LogP contribution in [0.4, 0.5) is 14.9 Å². The van der Waals surface area contributed by atoms with E-state index in [0.29, 0.717) is 24.9 Å². The highest BCUT2D eigenvalue weighted by molar-refractivity contribution is 5.90. The van der Waals surface area contributed by atoms with E-state index in [1.165, 1.54) is 6.07 Å². The van der Waals surface area contributed by atoms with Crippen molar-refractivity contribution in [2.24, 2.45) is 17.8 Å². The minimum atomic E-state index is -0.454. The van der Waals surface area contributed by atoms with Gasteiger partial charge in [-0.3, -0.25) is 4.79 Å². The lowest BCUT2D eigenvalue weighted by atomic mass is 9.92. The first-order valence-electron chi connectivity index (χ1n) is 10.4. The van der Waals surface area contributed by atoms with Gasteiger partial charge in [-0.25, -0.2) is 9.18 Å². The maximum Gasteiger partial charge on any atom is 0.321 e. The number of nitrogens with zero attached hydrogens (tertiary/aromatic N) is 2. The molecule has 3 heterocycles. The number of fused-ring (bicyclic) bond motifs is 1. The Bertz CT molecular complexity index is 714. The number of para-hydroxylation sites is 1. The standard InChI is InChI=1S/C21H29FN4O2/c22-18-5-1-2-6-19(18)24-21(28)26-9-3-4-17(14-26)20(27)25-10-7-15-12-23-13-16(15)8-11-25/h1-2,5-6,15-17,23H,3-4,7-14H2,(H,24,28)/t15-,16+,17?. The summed E-state index contributed by atoms with van der Waals surface area (Å²) in [5.41, 5.74) is 0.175. The first-order chi connectivity index (χ1) is 13.6. The van der Waals surface area contributed by atoms with Gasteiger partial charge in [0, 0.05) is 26.2 Å². The molecule has 3 saturated heterocycles. The summed E-state index contributed by atoms with van der Waals surface area (Å²) in [7, 11) is 0. The molecule has 2 N–H and O–H groups in total. The van der Waals surface area contributed by atoms with Crippen molar-refractivity contribution in [1.82, 2.24) is 15.1 Å². The van der Waals surface area contributed by atoms with Crippen molar-refractivity contribution in [2.75, 3.05) is 44.6 Å². The molecule has 4 rings (SSSR count). The minimum Gasteiger partial charge on any atom is -0.342 e. The lowest BCUT2D eigenvalue weighted by Gasteiger charge is -2.34. The van der Waals surface area contributed by atoms with E-state index in [4.69, 9.17) is 0 Å². The first-order valence-corrected chi connectivity index (χ1v) is 10.4. The fourth-order valence-corrected chi connectivity index (χ4v) is 4.82. The van der Waals surface area contributed by atoms with Gasteiger partial charge in [0.2, 0.25) is 5.91 Å². The number of likely N-dealkylation sites (tertiary alicyclic amines) is 2. The molecule has 3 aliphatic rings. The average Bonchev–Trinajstić information content (AvgIpc) is 3.07. The molecule has 1 unspecified atom stereocenters. The zero-order valence-electron chi connectivity index (χ0n) is 16.2. The van der Waals surface area contributed by atoms with Crippen LogP contribution in [0.3, 0.4) is 0 Å². The molecule has 0 spiro atoms. The monoisotopic (exact) mass is 388 g/mol. The van der Waals surface area contributed by atoms with Gasteiger partial charge in [-0.2, -0.15) is 0 Å². The molecule has 3 aliphatic heterocycles. The summed E-state index contributed by atoms with van der Waals surface area (Å²) in [6.07, 6.45) is 3.73. The van der Waals surface area contributed by atoms with Crippen molar-refractivity contribution in [2.45, 2.75) is 25.7 Å². The van der Waals surface area contributed by atoms with Crippen molar-refractivity contribution in [3.8, 4) is 0 Å². The van der Waals surface area contributed by atoms with Crippen LogP contribution in [0.5, 0.6) is 0 Å². The van der Waals surface area contributed by atoms with Crippen LogP contribution in [-0.4, -0.2) is 61.0 Å². The Morgan fingerprint density at radius 1 is 1.00 bits per heavy atom. The van der Waals surface area contributed by atoms with Gasteiger partial charge in [0.25, 0.3) is 0 Å². The molecule has 0 bridgehead atoms. The van der Waals surface area contributed by atoms with E-state index in [0.717, 1.165) is 51.9 Å². The normalized spacial score (nSPS) is 27.8. The Kier molecular flexibility index (Phi) is 5.80. The molecular formula is C21H29FN4O2. The molecular weight excluding hydrogens is 359 g/mol. The molecule has 28 heavy (non-hydrogen) atoms. The number of nitrogens with one attached hydrogen (secondary N) is 2. The van der Waals surface area contributed by atoms with E-state index in [2.05, 4.69) is 10.6 Å². The smallest absolute Gasteiger partial charge is 0.321 e. The number of amides is 3. The summed E-state index contributed by atoms with van der Waals surface area (Å²) in [6.45, 7) is 4.78. The van der Waals surface area contributed by atoms with Gasteiger partial charge in [-0.15, -0.1) is 0 Å². The molecule has 0 saturated carbocycles. The third-order valence-corrected chi connectivity index (χ3v) is 6.50. The number of anilines is 1. The zero-order valence-corrected chi connectivity index (χ0v) is 16.2. The SMILES string of the molecule is O=C(Nc1ccccc1F)N1CCCC(C(=O)N2CC[C@@H]3CNC[C@@H]3CC2)C1. The summed E-state index contributed by atoms with van der Waals surface area (Å²) in [5, 5.41) is 6.10. The average molecular weight is 388 g/mol. The predicted molar refractivity (Wildman–Crippen MR) is 105 cm³/mol. The lowest BCUT2D eigenvalue weighted by Crippen LogP contribution is -2.48. The molecule has 0 aliphatic carbocycles. The van der Waals surface area contributed by atoms with Crippen molar-refractivity contribution in [1.29, 1.82) is 0 Å². The van der Waals surface area contributed by atoms with Gasteiger partial charge in [-0.1, -0.05) is 12.1 Å². The summed E-state index contributed by atoms with van der Waals surface area (Å²) in [5.74, 6) is 0.942. The van der Waals surface area contributed by atoms with Crippen molar-refractivity contribution < 1.29 is 14.0 Å². The van der Waals surface area contributed by atoms with Crippen LogP contribution >= 0.6 is 0 Å². The quantitative estimate of drug-likeness (QED) is 0.818. The van der Waals surface area contributed by atoms with Gasteiger partial charge in [0.15, 0.2) is 0 Å². The van der Waals surface area contributed by atoms with Crippen LogP contribution in [0.25, 0.3) is 0 Å². The minimum absolute atomic E-state index is 0.156. The van der Waals surface area contributed by atoms with E-state index < -0.39 is 5.82 Å². The Morgan fingerprint density at radius 3 is 2.43 bits per heavy atom. The number of carbonyl (C=O) groups is 2. The molecule has 3 fully saturated rings. The second-order valence-electron chi connectivity index (χ2n) is 8.28. The summed E-state index contributed by atoms with van der Waals surface area (Å²) >= 11 is 0. The molecule has 6 nitrogen and oxygen atoms in total. The van der Waals surface area contributed by atoms with Crippen LogP contribution in [0.2, 0.25) is 0 Å². The maximum atomic E-state index is 13.8. The highest BCUT2D eigenvalue weighted by Gasteiger charge is 2.35. The summed E-state index contributed by atoms with van der Waals surface area (Å²) in [4.78, 5) is 29.3. The molecule has 1 aromatic carbocycles. The fraction of sp³-hybridized carbons (Fsp3) is 0.619. The number of halogens is 1. The van der Waals surface area contributed by atoms with Crippen LogP contribution in [0.15, 0.2) is 24.3 Å². The van der Waals surface area contributed by atoms with E-state index in [1.807, 2.05) is 4.90 Å². The zero-order chi connectivity index (χ0) is 19.5. The highest BCUT2D eigenvalue weighted by atomic mass is 19.1. The van der Waals surface area contributed by atoms with E-state index in [9.17, 15) is 14.0 Å². The molecule has 7 heteroatoms. The van der Waals surface area contributed by atoms with Crippen LogP contribution in [0, 0.1) is 23.6 Å². The largest absolute Gasteiger partial charge is 0.342 e. The third-order valence-electron chi connectivity index (χ3n) is 6.50. The van der Waals surface area contributed by atoms with E-state index in [-0.39, 0.29) is 23.5 Å². The molecule has 0 radical (unpaired) electrons. The number of hydrogen-bond acceptors (Lipinski definition) is 3. The fourth-order valence-electron chi connectivity index (χ4n) is 4.82. The van der Waals surface area contributed by atoms with E-state index >= 15 is 0 Å². The summed E-state index contributed by atoms with van der Waals surface area (Å²) < 4.78 is 13.8. The van der Waals surface area contributed by atoms with Crippen molar-refractivity contribution in [3.05, 3.63) is 30.1 Å². The Hall–Kier alpha value is -2.15. The molecule has 0 aromatic heterocycles. The summed E-state index contributed by atoms with van der Waals surface area (Å²) in [6, 6.07) is 5.81. The Morgan fingerprint density at radius 2 is 1.71 bits per heavy atom. The number of rotatable bonds is 2. The van der Waals surface area contributed by atoms with Gasteiger partial charge in [0.05, 0.1) is 11.6 Å². The second kappa shape index (κ2) is 8.47. The third kappa shape index (κ3) is 4.14. The van der Waals surface area contributed by atoms with Gasteiger partial charge >= 0.3 is 6.03 Å². The second-order valence-corrected chi connectivity index (χ2v) is 8.28. The number of urea groups is 1. The van der Waals surface area contributed by atoms with Crippen LogP contribution in [0.1, 0.15) is 25.7 Å². The highest BCUT2D eigenvalue weighted by Crippen LogP contribution is 2.29. The Labute approximate surface area is 165 Å². The van der Waals surface area contributed by atoms with Crippen LogP contribution < -0.4 is 10.6 Å². The predicted octanol–water partition coefficient (Wildman–Crippen LogP) is 2.53. The number of carbonyl (C=O) groups excluding carboxylic acids is 2. The lowest BCUT2D eigenvalue weighted by molar-refractivity contribution is -0.136. The number of piperidine rings is 1. The van der Waals surface area contributed by atoms with Gasteiger partial charge in [0.1, 0.15) is 5.82 Å². The first kappa shape index (κ1) is 19.2. The number of hydrogen-bond donors (Lipinski definition) is 2. The van der Waals surface area contributed by atoms with Gasteiger partial charge in [-0.05, 0) is 62.7 Å². The topological polar surface area (TPSA) is 64.7 Å². The molecule has 3 amide bonds.